The molecule has 1 saturated carbocycles. The SMILES string of the molecule is CC1(CNS(=O)(=O)c2ccc(OCCO)cc2)CCCC1. The van der Waals surface area contributed by atoms with E-state index < -0.39 is 10.0 Å². The molecule has 0 amide bonds. The van der Waals surface area contributed by atoms with Crippen LogP contribution in [-0.4, -0.2) is 33.3 Å². The Morgan fingerprint density at radius 1 is 1.24 bits per heavy atom. The minimum atomic E-state index is -3.48. The van der Waals surface area contributed by atoms with E-state index in [4.69, 9.17) is 9.84 Å². The number of nitrogens with one attached hydrogen (secondary N) is 1. The summed E-state index contributed by atoms with van der Waals surface area (Å²) < 4.78 is 32.5. The molecule has 21 heavy (non-hydrogen) atoms. The average molecular weight is 313 g/mol. The summed E-state index contributed by atoms with van der Waals surface area (Å²) in [6.45, 7) is 2.75. The second-order valence-electron chi connectivity index (χ2n) is 5.89. The van der Waals surface area contributed by atoms with Crippen LogP contribution in [-0.2, 0) is 10.0 Å². The third kappa shape index (κ3) is 4.43. The van der Waals surface area contributed by atoms with Crippen LogP contribution in [0.2, 0.25) is 0 Å². The molecule has 0 unspecified atom stereocenters. The summed E-state index contributed by atoms with van der Waals surface area (Å²) in [5.74, 6) is 0.547. The average Bonchev–Trinajstić information content (AvgIpc) is 2.91. The van der Waals surface area contributed by atoms with Crippen LogP contribution in [0, 0.1) is 5.41 Å². The maximum absolute atomic E-state index is 12.3. The molecule has 1 aromatic rings. The Hall–Kier alpha value is -1.11. The molecule has 0 atom stereocenters. The van der Waals surface area contributed by atoms with Gasteiger partial charge in [0, 0.05) is 6.54 Å². The summed E-state index contributed by atoms with van der Waals surface area (Å²) in [7, 11) is -3.48. The maximum atomic E-state index is 12.3. The lowest BCUT2D eigenvalue weighted by molar-refractivity contribution is 0.201. The van der Waals surface area contributed by atoms with Gasteiger partial charge in [0.15, 0.2) is 0 Å². The standard InChI is InChI=1S/C15H23NO4S/c1-15(8-2-3-9-15)12-16-21(18,19)14-6-4-13(5-7-14)20-11-10-17/h4-7,16-17H,2-3,8-12H2,1H3. The predicted octanol–water partition coefficient (Wildman–Crippen LogP) is 1.92. The fourth-order valence-corrected chi connectivity index (χ4v) is 3.84. The van der Waals surface area contributed by atoms with Gasteiger partial charge in [0.1, 0.15) is 12.4 Å². The van der Waals surface area contributed by atoms with Crippen molar-refractivity contribution < 1.29 is 18.3 Å². The molecule has 1 aliphatic rings. The fraction of sp³-hybridized carbons (Fsp3) is 0.600. The second-order valence-corrected chi connectivity index (χ2v) is 7.65. The van der Waals surface area contributed by atoms with Crippen LogP contribution in [0.15, 0.2) is 29.2 Å². The first-order chi connectivity index (χ1) is 9.95. The van der Waals surface area contributed by atoms with Gasteiger partial charge in [-0.2, -0.15) is 0 Å². The highest BCUT2D eigenvalue weighted by molar-refractivity contribution is 7.89. The quantitative estimate of drug-likeness (QED) is 0.806. The third-order valence-corrected chi connectivity index (χ3v) is 5.41. The van der Waals surface area contributed by atoms with Gasteiger partial charge >= 0.3 is 0 Å². The van der Waals surface area contributed by atoms with E-state index in [0.717, 1.165) is 12.8 Å². The largest absolute Gasteiger partial charge is 0.491 e. The molecule has 0 aliphatic heterocycles. The lowest BCUT2D eigenvalue weighted by Crippen LogP contribution is -2.34. The van der Waals surface area contributed by atoms with E-state index in [2.05, 4.69) is 11.6 Å². The van der Waals surface area contributed by atoms with Gasteiger partial charge in [-0.1, -0.05) is 19.8 Å². The summed E-state index contributed by atoms with van der Waals surface area (Å²) in [4.78, 5) is 0.237. The normalized spacial score (nSPS) is 17.8. The van der Waals surface area contributed by atoms with Crippen LogP contribution in [0.5, 0.6) is 5.75 Å². The van der Waals surface area contributed by atoms with Gasteiger partial charge in [-0.3, -0.25) is 0 Å². The zero-order valence-corrected chi connectivity index (χ0v) is 13.2. The summed E-state index contributed by atoms with van der Waals surface area (Å²) in [6, 6.07) is 6.24. The molecule has 1 aliphatic carbocycles. The highest BCUT2D eigenvalue weighted by Gasteiger charge is 2.30. The maximum Gasteiger partial charge on any atom is 0.240 e. The number of sulfonamides is 1. The zero-order chi connectivity index (χ0) is 15.3. The lowest BCUT2D eigenvalue weighted by Gasteiger charge is -2.23. The van der Waals surface area contributed by atoms with E-state index >= 15 is 0 Å². The van der Waals surface area contributed by atoms with E-state index in [1.165, 1.54) is 25.0 Å². The van der Waals surface area contributed by atoms with Crippen LogP contribution in [0.3, 0.4) is 0 Å². The highest BCUT2D eigenvalue weighted by atomic mass is 32.2. The predicted molar refractivity (Wildman–Crippen MR) is 80.8 cm³/mol. The van der Waals surface area contributed by atoms with Crippen molar-refractivity contribution in [3.63, 3.8) is 0 Å². The van der Waals surface area contributed by atoms with Crippen molar-refractivity contribution in [3.8, 4) is 5.75 Å². The molecule has 1 aromatic carbocycles. The zero-order valence-electron chi connectivity index (χ0n) is 12.3. The van der Waals surface area contributed by atoms with Crippen LogP contribution in [0.1, 0.15) is 32.6 Å². The van der Waals surface area contributed by atoms with Crippen LogP contribution >= 0.6 is 0 Å². The minimum Gasteiger partial charge on any atom is -0.491 e. The summed E-state index contributed by atoms with van der Waals surface area (Å²) in [5.41, 5.74) is 0.0806. The first kappa shape index (κ1) is 16.3. The lowest BCUT2D eigenvalue weighted by atomic mass is 9.89. The van der Waals surface area contributed by atoms with Crippen molar-refractivity contribution in [2.75, 3.05) is 19.8 Å². The third-order valence-electron chi connectivity index (χ3n) is 3.99. The first-order valence-electron chi connectivity index (χ1n) is 7.29. The number of ether oxygens (including phenoxy) is 1. The van der Waals surface area contributed by atoms with Gasteiger partial charge in [0.05, 0.1) is 11.5 Å². The Morgan fingerprint density at radius 3 is 2.43 bits per heavy atom. The molecular formula is C15H23NO4S. The Labute approximate surface area is 126 Å². The van der Waals surface area contributed by atoms with Crippen molar-refractivity contribution in [1.82, 2.24) is 4.72 Å². The topological polar surface area (TPSA) is 75.6 Å². The van der Waals surface area contributed by atoms with Crippen LogP contribution in [0.4, 0.5) is 0 Å². The molecule has 5 nitrogen and oxygen atoms in total. The number of benzene rings is 1. The number of aliphatic hydroxyl groups is 1. The van der Waals surface area contributed by atoms with Gasteiger partial charge < -0.3 is 9.84 Å². The van der Waals surface area contributed by atoms with Crippen molar-refractivity contribution in [3.05, 3.63) is 24.3 Å². The van der Waals surface area contributed by atoms with E-state index in [1.54, 1.807) is 12.1 Å². The monoisotopic (exact) mass is 313 g/mol. The molecule has 6 heteroatoms. The highest BCUT2D eigenvalue weighted by Crippen LogP contribution is 2.37. The molecule has 2 rings (SSSR count). The molecule has 0 bridgehead atoms. The molecule has 1 fully saturated rings. The van der Waals surface area contributed by atoms with Crippen molar-refractivity contribution >= 4 is 10.0 Å². The van der Waals surface area contributed by atoms with E-state index in [9.17, 15) is 8.42 Å². The van der Waals surface area contributed by atoms with Crippen molar-refractivity contribution in [2.24, 2.45) is 5.41 Å². The van der Waals surface area contributed by atoms with Crippen molar-refractivity contribution in [1.29, 1.82) is 0 Å². The van der Waals surface area contributed by atoms with Crippen LogP contribution < -0.4 is 9.46 Å². The molecule has 118 valence electrons. The first-order valence-corrected chi connectivity index (χ1v) is 8.77. The molecule has 0 radical (unpaired) electrons. The Kier molecular flexibility index (Phi) is 5.24. The molecule has 0 aromatic heterocycles. The summed E-state index contributed by atoms with van der Waals surface area (Å²) >= 11 is 0. The Balaban J connectivity index is 1.98. The van der Waals surface area contributed by atoms with Gasteiger partial charge in [0.25, 0.3) is 0 Å². The second kappa shape index (κ2) is 6.77. The molecule has 0 spiro atoms. The fourth-order valence-electron chi connectivity index (χ4n) is 2.64. The molecule has 0 saturated heterocycles. The number of hydrogen-bond donors (Lipinski definition) is 2. The number of aliphatic hydroxyl groups excluding tert-OH is 1. The number of hydrogen-bond acceptors (Lipinski definition) is 4. The molecule has 0 heterocycles. The van der Waals surface area contributed by atoms with E-state index in [-0.39, 0.29) is 23.5 Å². The smallest absolute Gasteiger partial charge is 0.240 e. The molecule has 2 N–H and O–H groups in total. The van der Waals surface area contributed by atoms with Crippen molar-refractivity contribution in [2.45, 2.75) is 37.5 Å². The molecular weight excluding hydrogens is 290 g/mol. The Morgan fingerprint density at radius 2 is 1.86 bits per heavy atom. The van der Waals surface area contributed by atoms with Crippen LogP contribution in [0.25, 0.3) is 0 Å². The van der Waals surface area contributed by atoms with E-state index in [0.29, 0.717) is 12.3 Å². The Bertz CT molecular complexity index is 548. The summed E-state index contributed by atoms with van der Waals surface area (Å²) in [6.07, 6.45) is 4.50. The summed E-state index contributed by atoms with van der Waals surface area (Å²) in [5, 5.41) is 8.68. The van der Waals surface area contributed by atoms with Gasteiger partial charge in [0.2, 0.25) is 10.0 Å². The van der Waals surface area contributed by atoms with Gasteiger partial charge in [-0.15, -0.1) is 0 Å². The van der Waals surface area contributed by atoms with Gasteiger partial charge in [-0.05, 0) is 42.5 Å². The van der Waals surface area contributed by atoms with Gasteiger partial charge in [-0.25, -0.2) is 13.1 Å². The minimum absolute atomic E-state index is 0.0693. The number of rotatable bonds is 7. The van der Waals surface area contributed by atoms with E-state index in [1.807, 2.05) is 0 Å².